The lowest BCUT2D eigenvalue weighted by atomic mass is 10.0. The third kappa shape index (κ3) is 23.5. The topological polar surface area (TPSA) is 380 Å². The number of carbonyl (C=O) groups is 4. The summed E-state index contributed by atoms with van der Waals surface area (Å²) in [5, 5.41) is 42.8. The first-order chi connectivity index (χ1) is 62.6. The number of hydrogen-bond acceptors (Lipinski definition) is 23. The fraction of sp³-hybridized carbons (Fsp3) is 0.242. The number of aromatic nitrogens is 16. The van der Waals surface area contributed by atoms with Crippen LogP contribution in [0.25, 0.3) is 88.1 Å². The molecule has 4 aromatic carbocycles. The van der Waals surface area contributed by atoms with Crippen molar-refractivity contribution in [3.63, 3.8) is 0 Å². The molecule has 2 saturated heterocycles. The summed E-state index contributed by atoms with van der Waals surface area (Å²) in [5.74, 6) is -6.45. The van der Waals surface area contributed by atoms with Gasteiger partial charge >= 0.3 is 0 Å². The molecule has 10 N–H and O–H groups in total. The monoisotopic (exact) mass is 1760 g/mol. The van der Waals surface area contributed by atoms with Crippen molar-refractivity contribution < 1.29 is 36.7 Å². The number of hydrogen-bond donors (Lipinski definition) is 9. The fourth-order valence-electron chi connectivity index (χ4n) is 15.0. The van der Waals surface area contributed by atoms with Gasteiger partial charge < -0.3 is 46.6 Å². The zero-order chi connectivity index (χ0) is 91.2. The maximum Gasteiger partial charge on any atom is 0.276 e. The van der Waals surface area contributed by atoms with Gasteiger partial charge in [0.2, 0.25) is 0 Å². The number of alkyl halides is 4. The highest BCUT2D eigenvalue weighted by molar-refractivity contribution is 6.14. The van der Waals surface area contributed by atoms with Crippen molar-refractivity contribution in [2.24, 2.45) is 0 Å². The molecule has 2 aliphatic rings. The van der Waals surface area contributed by atoms with Crippen molar-refractivity contribution in [2.75, 3.05) is 110 Å². The smallest absolute Gasteiger partial charge is 0.276 e. The number of piperidine rings is 1. The number of anilines is 5. The van der Waals surface area contributed by atoms with Crippen LogP contribution in [-0.2, 0) is 39.3 Å². The van der Waals surface area contributed by atoms with Gasteiger partial charge in [0.25, 0.3) is 35.5 Å². The molecule has 31 nitrogen and oxygen atoms in total. The van der Waals surface area contributed by atoms with E-state index in [4.69, 9.17) is 5.73 Å². The molecule has 18 rings (SSSR count). The number of nitrogens with two attached hydrogens (primary N) is 1. The number of rotatable bonds is 24. The molecule has 0 unspecified atom stereocenters. The van der Waals surface area contributed by atoms with Crippen LogP contribution in [0, 0.1) is 0 Å². The number of carbonyl (C=O) groups excluding carboxylic acids is 4. The van der Waals surface area contributed by atoms with Crippen molar-refractivity contribution in [1.82, 2.24) is 110 Å². The second-order valence-corrected chi connectivity index (χ2v) is 33.1. The zero-order valence-electron chi connectivity index (χ0n) is 72.8. The van der Waals surface area contributed by atoms with Crippen LogP contribution in [0.15, 0.2) is 226 Å². The predicted molar refractivity (Wildman–Crippen MR) is 494 cm³/mol. The maximum absolute atomic E-state index is 13.6. The fourth-order valence-corrected chi connectivity index (χ4v) is 15.0. The third-order valence-electron chi connectivity index (χ3n) is 21.3. The molecule has 664 valence electrons. The van der Waals surface area contributed by atoms with Crippen molar-refractivity contribution in [1.29, 1.82) is 0 Å². The summed E-state index contributed by atoms with van der Waals surface area (Å²) >= 11 is 0. The summed E-state index contributed by atoms with van der Waals surface area (Å²) in [6, 6.07) is 47.5. The van der Waals surface area contributed by atoms with Crippen molar-refractivity contribution in [2.45, 2.75) is 70.4 Å². The van der Waals surface area contributed by atoms with Gasteiger partial charge in [-0.15, -0.1) is 0 Å². The molecule has 0 atom stereocenters. The average Bonchev–Trinajstić information content (AvgIpc) is 1.64. The average molecular weight is 1760 g/mol. The van der Waals surface area contributed by atoms with Crippen LogP contribution in [0.3, 0.4) is 0 Å². The van der Waals surface area contributed by atoms with E-state index in [9.17, 15) is 36.7 Å². The minimum atomic E-state index is -2.63. The highest BCUT2D eigenvalue weighted by atomic mass is 19.3. The first-order valence-electron chi connectivity index (χ1n) is 41.9. The summed E-state index contributed by atoms with van der Waals surface area (Å²) < 4.78 is 54.1. The standard InChI is InChI=1S/C27H29F2N7O.C26H27F2N7O.C21H21N7O.C21H20N6O/c1-35(2)17-22-5-4-21(15-31-22)32-26(37)25-23-12-19(3-6-24(23)33-34-25)20-11-18(13-30-14-20)16-36-9-7-27(28,29)8-10-36;1-34(2)15-21-5-4-20(13-30-21)31-25(36)24-22-10-18(3-6-23(22)32-33-24)19-9-17(11-29-12-19)14-35-8-7-26(27,28)16-35;1-28(2)12-17-5-4-16(11-24-17)25-21(29)20-18-8-13(3-6-19(18)26-27-20)14-7-15(22)10-23-9-14;1-27(2)13-17-7-6-16(12-23-17)24-21(28)20-18-10-14(5-8-19(18)25-26-20)15-4-3-9-22-11-15/h3-6,11-15H,7-10,16-17H2,1-2H3,(H,32,37)(H,33,34);3-6,9-13H,7-8,14-16H2,1-2H3,(H,31,36)(H,32,33);3-11H,12,22H2,1-2H3,(H,25,29)(H,26,27);3-12H,13H2,1-2H3,(H,24,28)(H,25,26). The van der Waals surface area contributed by atoms with Crippen LogP contribution in [0.1, 0.15) is 95.1 Å². The number of aromatic amines is 4. The summed E-state index contributed by atoms with van der Waals surface area (Å²) in [4.78, 5) is 97.9. The number of amides is 4. The van der Waals surface area contributed by atoms with Crippen molar-refractivity contribution >= 4 is 95.7 Å². The molecule has 0 bridgehead atoms. The summed E-state index contributed by atoms with van der Waals surface area (Å²) in [5.41, 5.74) is 25.8. The van der Waals surface area contributed by atoms with E-state index in [0.29, 0.717) is 96.4 Å². The van der Waals surface area contributed by atoms with Gasteiger partial charge in [-0.1, -0.05) is 30.3 Å². The molecule has 0 aliphatic carbocycles. The SMILES string of the molecule is CN(C)Cc1ccc(NC(=O)c2n[nH]c3ccc(-c4cccnc4)cc23)cn1.CN(C)Cc1ccc(NC(=O)c2n[nH]c3ccc(-c4cncc(CN5CCC(F)(F)C5)c4)cc23)cn1.CN(C)Cc1ccc(NC(=O)c2n[nH]c3ccc(-c4cncc(CN5CCC(F)(F)CC5)c4)cc23)cn1.CN(C)Cc1ccc(NC(=O)c2n[nH]c3ccc(-c4cncc(N)c4)cc23)cn1. The Morgan fingerprint density at radius 3 is 0.977 bits per heavy atom. The number of likely N-dealkylation sites (tertiary alicyclic amines) is 2. The number of pyridine rings is 8. The first kappa shape index (κ1) is 89.9. The van der Waals surface area contributed by atoms with Crippen LogP contribution in [-0.4, -0.2) is 228 Å². The molecule has 0 radical (unpaired) electrons. The van der Waals surface area contributed by atoms with E-state index >= 15 is 0 Å². The highest BCUT2D eigenvalue weighted by Gasteiger charge is 2.38. The second-order valence-electron chi connectivity index (χ2n) is 33.1. The lowest BCUT2D eigenvalue weighted by Gasteiger charge is -2.31. The molecule has 2 aliphatic heterocycles. The number of nitrogen functional groups attached to an aromatic ring is 1. The van der Waals surface area contributed by atoms with Crippen LogP contribution in [0.2, 0.25) is 0 Å². The Kier molecular flexibility index (Phi) is 27.9. The molecule has 0 saturated carbocycles. The first-order valence-corrected chi connectivity index (χ1v) is 41.9. The summed E-state index contributed by atoms with van der Waals surface area (Å²) in [7, 11) is 15.8. The number of nitrogens with zero attached hydrogens (tertiary/aromatic N) is 18. The van der Waals surface area contributed by atoms with Gasteiger partial charge in [0, 0.05) is 172 Å². The van der Waals surface area contributed by atoms with Gasteiger partial charge in [-0.3, -0.25) is 89.2 Å². The van der Waals surface area contributed by atoms with E-state index in [-0.39, 0.29) is 60.8 Å². The van der Waals surface area contributed by atoms with E-state index < -0.39 is 11.8 Å². The quantitative estimate of drug-likeness (QED) is 0.0254. The second kappa shape index (κ2) is 40.4. The molecule has 0 spiro atoms. The summed E-state index contributed by atoms with van der Waals surface area (Å²) in [6.07, 6.45) is 20.0. The number of H-pyrrole nitrogens is 4. The molecule has 130 heavy (non-hydrogen) atoms. The van der Waals surface area contributed by atoms with Gasteiger partial charge in [0.15, 0.2) is 22.8 Å². The molecular formula is C95H97F4N27O4. The molecule has 2 fully saturated rings. The van der Waals surface area contributed by atoms with Crippen LogP contribution in [0.4, 0.5) is 46.0 Å². The Morgan fingerprint density at radius 1 is 0.354 bits per heavy atom. The summed E-state index contributed by atoms with van der Waals surface area (Å²) in [6.45, 7) is 4.76. The lowest BCUT2D eigenvalue weighted by Crippen LogP contribution is -2.38. The normalized spacial score (nSPS) is 13.7. The van der Waals surface area contributed by atoms with E-state index in [1.54, 1.807) is 79.3 Å². The van der Waals surface area contributed by atoms with Crippen LogP contribution < -0.4 is 27.0 Å². The van der Waals surface area contributed by atoms with E-state index in [1.165, 1.54) is 0 Å². The minimum Gasteiger partial charge on any atom is -0.397 e. The van der Waals surface area contributed by atoms with Crippen molar-refractivity contribution in [3.8, 4) is 44.5 Å². The highest BCUT2D eigenvalue weighted by Crippen LogP contribution is 2.35. The third-order valence-corrected chi connectivity index (χ3v) is 21.3. The van der Waals surface area contributed by atoms with Crippen molar-refractivity contribution in [3.05, 3.63) is 283 Å². The van der Waals surface area contributed by atoms with E-state index in [1.807, 2.05) is 233 Å². The number of fused-ring (bicyclic) bond motifs is 4. The lowest BCUT2D eigenvalue weighted by molar-refractivity contribution is -0.0566. The number of benzene rings is 4. The molecule has 14 heterocycles. The molecular weight excluding hydrogens is 1660 g/mol. The van der Waals surface area contributed by atoms with E-state index in [2.05, 4.69) is 102 Å². The van der Waals surface area contributed by atoms with Crippen LogP contribution in [0.5, 0.6) is 0 Å². The largest absolute Gasteiger partial charge is 0.397 e. The molecule has 4 amide bonds. The number of halogens is 4. The van der Waals surface area contributed by atoms with Gasteiger partial charge in [-0.05, 0) is 211 Å². The van der Waals surface area contributed by atoms with Crippen LogP contribution >= 0.6 is 0 Å². The maximum atomic E-state index is 13.6. The molecule has 12 aromatic heterocycles. The van der Waals surface area contributed by atoms with Gasteiger partial charge in [0.1, 0.15) is 0 Å². The Labute approximate surface area is 745 Å². The van der Waals surface area contributed by atoms with Gasteiger partial charge in [-0.25, -0.2) is 17.6 Å². The Morgan fingerprint density at radius 2 is 0.669 bits per heavy atom. The van der Waals surface area contributed by atoms with Gasteiger partial charge in [0.05, 0.1) is 105 Å². The van der Waals surface area contributed by atoms with E-state index in [0.717, 1.165) is 124 Å². The Bertz CT molecular complexity index is 6640. The predicted octanol–water partition coefficient (Wildman–Crippen LogP) is 15.0. The molecule has 35 heteroatoms. The minimum absolute atomic E-state index is 0.113. The molecule has 16 aromatic rings. The number of nitrogens with one attached hydrogen (secondary N) is 8. The van der Waals surface area contributed by atoms with Gasteiger partial charge in [-0.2, -0.15) is 20.4 Å². The Hall–Kier alpha value is -14.9. The zero-order valence-corrected chi connectivity index (χ0v) is 72.8. The Balaban J connectivity index is 0.000000134.